The average Bonchev–Trinajstić information content (AvgIpc) is 3.15. The van der Waals surface area contributed by atoms with Gasteiger partial charge in [-0.25, -0.2) is 9.89 Å². The second-order valence-electron chi connectivity index (χ2n) is 7.25. The van der Waals surface area contributed by atoms with Crippen LogP contribution in [0.25, 0.3) is 0 Å². The lowest BCUT2D eigenvalue weighted by Gasteiger charge is -2.14. The molecule has 0 bridgehead atoms. The van der Waals surface area contributed by atoms with E-state index in [1.165, 1.54) is 6.07 Å². The molecule has 0 fully saturated rings. The number of aryl methyl sites for hydroxylation is 1. The van der Waals surface area contributed by atoms with Crippen molar-refractivity contribution in [3.05, 3.63) is 44.2 Å². The second-order valence-corrected chi connectivity index (χ2v) is 7.66. The Hall–Kier alpha value is -3.91. The SMILES string of the molecule is CCOC(=O)NC(=O)/C(C#N)=N/Nc1cc(C)c(Oc2n[nH]c(=O)c3c2CCC3C)c(Cl)c1. The van der Waals surface area contributed by atoms with Crippen molar-refractivity contribution in [1.29, 1.82) is 5.26 Å². The molecule has 172 valence electrons. The molecule has 0 aliphatic heterocycles. The third kappa shape index (κ3) is 5.30. The van der Waals surface area contributed by atoms with Gasteiger partial charge in [-0.15, -0.1) is 5.10 Å². The number of amides is 2. The molecule has 1 aromatic heterocycles. The number of hydrazone groups is 1. The highest BCUT2D eigenvalue weighted by atomic mass is 35.5. The number of carbonyl (C=O) groups is 2. The quantitative estimate of drug-likeness (QED) is 0.427. The topological polar surface area (TPSA) is 159 Å². The number of anilines is 1. The molecule has 2 amide bonds. The number of fused-ring (bicyclic) bond motifs is 1. The maximum atomic E-state index is 12.1. The van der Waals surface area contributed by atoms with Crippen molar-refractivity contribution < 1.29 is 19.1 Å². The third-order valence-corrected chi connectivity index (χ3v) is 5.22. The van der Waals surface area contributed by atoms with Crippen molar-refractivity contribution in [3.8, 4) is 17.7 Å². The summed E-state index contributed by atoms with van der Waals surface area (Å²) in [4.78, 5) is 35.4. The zero-order chi connectivity index (χ0) is 24.1. The minimum atomic E-state index is -1.02. The maximum Gasteiger partial charge on any atom is 0.414 e. The lowest BCUT2D eigenvalue weighted by atomic mass is 10.1. The summed E-state index contributed by atoms with van der Waals surface area (Å²) in [5.74, 6) is -0.267. The number of ether oxygens (including phenoxy) is 2. The Morgan fingerprint density at radius 2 is 2.18 bits per heavy atom. The zero-order valence-corrected chi connectivity index (χ0v) is 18.9. The molecule has 1 aliphatic rings. The van der Waals surface area contributed by atoms with Gasteiger partial charge in [-0.2, -0.15) is 10.4 Å². The summed E-state index contributed by atoms with van der Waals surface area (Å²) in [5.41, 5.74) is 4.18. The van der Waals surface area contributed by atoms with Gasteiger partial charge in [-0.05, 0) is 50.3 Å². The Kier molecular flexibility index (Phi) is 7.30. The number of hydrogen-bond acceptors (Lipinski definition) is 9. The smallest absolute Gasteiger partial charge is 0.414 e. The van der Waals surface area contributed by atoms with Crippen LogP contribution in [0.15, 0.2) is 22.0 Å². The van der Waals surface area contributed by atoms with Crippen molar-refractivity contribution in [1.82, 2.24) is 15.5 Å². The molecule has 0 spiro atoms. The number of aromatic amines is 1. The van der Waals surface area contributed by atoms with Crippen LogP contribution in [0.1, 0.15) is 42.9 Å². The number of alkyl carbamates (subject to hydrolysis) is 1. The first-order chi connectivity index (χ1) is 15.7. The van der Waals surface area contributed by atoms with Crippen LogP contribution in [-0.4, -0.2) is 34.5 Å². The van der Waals surface area contributed by atoms with Crippen molar-refractivity contribution in [2.75, 3.05) is 12.0 Å². The molecule has 1 aliphatic carbocycles. The molecule has 0 saturated carbocycles. The fourth-order valence-corrected chi connectivity index (χ4v) is 3.73. The van der Waals surface area contributed by atoms with Crippen molar-refractivity contribution >= 4 is 35.0 Å². The van der Waals surface area contributed by atoms with E-state index in [1.807, 2.05) is 12.2 Å². The van der Waals surface area contributed by atoms with Gasteiger partial charge in [-0.1, -0.05) is 18.5 Å². The number of halogens is 1. The van der Waals surface area contributed by atoms with E-state index in [-0.39, 0.29) is 23.1 Å². The van der Waals surface area contributed by atoms with E-state index < -0.39 is 17.7 Å². The molecule has 12 heteroatoms. The Bertz CT molecular complexity index is 1210. The number of carbonyl (C=O) groups excluding carboxylic acids is 2. The van der Waals surface area contributed by atoms with Crippen LogP contribution in [0.4, 0.5) is 10.5 Å². The molecule has 1 aromatic carbocycles. The molecule has 3 rings (SSSR count). The lowest BCUT2D eigenvalue weighted by molar-refractivity contribution is -0.114. The van der Waals surface area contributed by atoms with Gasteiger partial charge < -0.3 is 9.47 Å². The molecule has 3 N–H and O–H groups in total. The predicted molar refractivity (Wildman–Crippen MR) is 120 cm³/mol. The summed E-state index contributed by atoms with van der Waals surface area (Å²) in [6, 6.07) is 4.72. The lowest BCUT2D eigenvalue weighted by Crippen LogP contribution is -2.36. The summed E-state index contributed by atoms with van der Waals surface area (Å²) in [6.07, 6.45) is 0.528. The zero-order valence-electron chi connectivity index (χ0n) is 18.1. The predicted octanol–water partition coefficient (Wildman–Crippen LogP) is 3.14. The molecule has 1 atom stereocenters. The first-order valence-electron chi connectivity index (χ1n) is 10.1. The molecular weight excluding hydrogens is 452 g/mol. The van der Waals surface area contributed by atoms with Crippen LogP contribution < -0.4 is 21.0 Å². The molecule has 1 unspecified atom stereocenters. The van der Waals surface area contributed by atoms with Crippen LogP contribution in [0, 0.1) is 18.3 Å². The number of nitrogens with zero attached hydrogens (tertiary/aromatic N) is 3. The number of nitriles is 1. The largest absolute Gasteiger partial charge is 0.450 e. The van der Waals surface area contributed by atoms with Crippen molar-refractivity contribution in [2.24, 2.45) is 5.10 Å². The summed E-state index contributed by atoms with van der Waals surface area (Å²) < 4.78 is 10.5. The van der Waals surface area contributed by atoms with Gasteiger partial charge in [-0.3, -0.25) is 20.3 Å². The van der Waals surface area contributed by atoms with Gasteiger partial charge in [0.25, 0.3) is 11.5 Å². The fraction of sp³-hybridized carbons (Fsp3) is 0.333. The Labute approximate surface area is 193 Å². The van der Waals surface area contributed by atoms with E-state index in [1.54, 1.807) is 26.0 Å². The van der Waals surface area contributed by atoms with E-state index in [0.29, 0.717) is 34.9 Å². The number of aromatic nitrogens is 2. The highest BCUT2D eigenvalue weighted by molar-refractivity contribution is 6.46. The van der Waals surface area contributed by atoms with Crippen LogP contribution in [-0.2, 0) is 16.0 Å². The summed E-state index contributed by atoms with van der Waals surface area (Å²) in [7, 11) is 0. The number of imide groups is 1. The number of H-pyrrole nitrogens is 1. The number of benzene rings is 1. The maximum absolute atomic E-state index is 12.1. The third-order valence-electron chi connectivity index (χ3n) is 4.94. The second kappa shape index (κ2) is 10.1. The molecule has 11 nitrogen and oxygen atoms in total. The van der Waals surface area contributed by atoms with E-state index in [2.05, 4.69) is 25.5 Å². The minimum absolute atomic E-state index is 0.0685. The van der Waals surface area contributed by atoms with Gasteiger partial charge in [0.2, 0.25) is 11.6 Å². The van der Waals surface area contributed by atoms with Crippen molar-refractivity contribution in [2.45, 2.75) is 39.5 Å². The Morgan fingerprint density at radius 3 is 2.85 bits per heavy atom. The van der Waals surface area contributed by atoms with Crippen LogP contribution in [0.5, 0.6) is 11.6 Å². The first-order valence-corrected chi connectivity index (χ1v) is 10.4. The van der Waals surface area contributed by atoms with E-state index in [0.717, 1.165) is 12.0 Å². The molecule has 1 heterocycles. The van der Waals surface area contributed by atoms with Gasteiger partial charge in [0, 0.05) is 11.1 Å². The van der Waals surface area contributed by atoms with E-state index in [9.17, 15) is 14.4 Å². The fourth-order valence-electron chi connectivity index (χ4n) is 3.42. The molecule has 0 radical (unpaired) electrons. The van der Waals surface area contributed by atoms with E-state index >= 15 is 0 Å². The molecule has 2 aromatic rings. The van der Waals surface area contributed by atoms with E-state index in [4.69, 9.17) is 21.6 Å². The molecular formula is C21H21ClN6O5. The standard InChI is InChI=1S/C21H21ClN6O5/c1-4-32-21(31)24-18(29)15(9-23)26-25-12-7-11(3)17(14(22)8-12)33-20-13-6-5-10(2)16(13)19(30)27-28-20/h7-8,10,25H,4-6H2,1-3H3,(H,27,30)(H,24,29,31)/b26-15+. The minimum Gasteiger partial charge on any atom is -0.450 e. The summed E-state index contributed by atoms with van der Waals surface area (Å²) in [6.45, 7) is 5.36. The van der Waals surface area contributed by atoms with Crippen LogP contribution in [0.2, 0.25) is 5.02 Å². The highest BCUT2D eigenvalue weighted by Crippen LogP contribution is 2.39. The van der Waals surface area contributed by atoms with Crippen molar-refractivity contribution in [3.63, 3.8) is 0 Å². The average molecular weight is 473 g/mol. The highest BCUT2D eigenvalue weighted by Gasteiger charge is 2.27. The molecule has 0 saturated heterocycles. The van der Waals surface area contributed by atoms with Gasteiger partial charge in [0.05, 0.1) is 17.3 Å². The number of hydrogen-bond donors (Lipinski definition) is 3. The Balaban J connectivity index is 1.79. The number of nitrogens with one attached hydrogen (secondary N) is 3. The summed E-state index contributed by atoms with van der Waals surface area (Å²) in [5, 5.41) is 21.5. The van der Waals surface area contributed by atoms with Gasteiger partial charge >= 0.3 is 6.09 Å². The van der Waals surface area contributed by atoms with Crippen LogP contribution >= 0.6 is 11.6 Å². The normalized spacial score (nSPS) is 14.8. The number of rotatable bonds is 6. The Morgan fingerprint density at radius 1 is 1.42 bits per heavy atom. The molecule has 33 heavy (non-hydrogen) atoms. The first kappa shape index (κ1) is 23.7. The van der Waals surface area contributed by atoms with Crippen LogP contribution in [0.3, 0.4) is 0 Å². The monoisotopic (exact) mass is 472 g/mol. The van der Waals surface area contributed by atoms with Gasteiger partial charge in [0.1, 0.15) is 6.07 Å². The van der Waals surface area contributed by atoms with Gasteiger partial charge in [0.15, 0.2) is 5.75 Å². The summed E-state index contributed by atoms with van der Waals surface area (Å²) >= 11 is 6.39.